The number of rotatable bonds is 10. The van der Waals surface area contributed by atoms with Gasteiger partial charge in [0.2, 0.25) is 0 Å². The van der Waals surface area contributed by atoms with Crippen LogP contribution in [0.1, 0.15) is 29.9 Å². The molecule has 2 aliphatic rings. The lowest BCUT2D eigenvalue weighted by Crippen LogP contribution is -2.48. The molecule has 34 heavy (non-hydrogen) atoms. The number of carbonyl (C=O) groups excluding carboxylic acids is 1. The molecule has 0 bridgehead atoms. The minimum Gasteiger partial charge on any atom is -0.497 e. The van der Waals surface area contributed by atoms with Crippen LogP contribution in [0.3, 0.4) is 0 Å². The molecule has 1 saturated heterocycles. The molecule has 8 heteroatoms. The van der Waals surface area contributed by atoms with Gasteiger partial charge in [0.25, 0.3) is 5.91 Å². The van der Waals surface area contributed by atoms with Crippen molar-refractivity contribution in [3.05, 3.63) is 53.6 Å². The van der Waals surface area contributed by atoms with Gasteiger partial charge in [-0.05, 0) is 48.2 Å². The Hall–Kier alpha value is -2.65. The van der Waals surface area contributed by atoms with Gasteiger partial charge in [-0.2, -0.15) is 0 Å². The number of methoxy groups -OCH3 is 2. The fourth-order valence-corrected chi connectivity index (χ4v) is 4.64. The van der Waals surface area contributed by atoms with E-state index >= 15 is 0 Å². The standard InChI is InChI=1S/C26H34N2O6/c1-31-11-3-10-28-23-12-18(4-9-24(23)34-17-26(28)30)16-33-25-14-27-20(15-29)13-22(25)19-5-7-21(32-2)8-6-19/h4-9,12,20,22,25,27,29H,3,10-11,13-17H2,1-2H3/t20-,22?,25?/m0/s1. The van der Waals surface area contributed by atoms with Crippen molar-refractivity contribution in [2.75, 3.05) is 52.0 Å². The third-order valence-corrected chi connectivity index (χ3v) is 6.52. The number of amides is 1. The van der Waals surface area contributed by atoms with Crippen molar-refractivity contribution in [1.29, 1.82) is 0 Å². The SMILES string of the molecule is COCCCN1C(=O)COc2ccc(COC3CN[C@H](CO)CC3c3ccc(OC)cc3)cc21. The zero-order valence-corrected chi connectivity index (χ0v) is 19.9. The van der Waals surface area contributed by atoms with E-state index in [2.05, 4.69) is 17.4 Å². The molecular weight excluding hydrogens is 436 g/mol. The van der Waals surface area contributed by atoms with Crippen LogP contribution in [0.15, 0.2) is 42.5 Å². The summed E-state index contributed by atoms with van der Waals surface area (Å²) in [6.07, 6.45) is 1.49. The molecule has 2 N–H and O–H groups in total. The lowest BCUT2D eigenvalue weighted by atomic mass is 9.84. The Morgan fingerprint density at radius 1 is 1.18 bits per heavy atom. The van der Waals surface area contributed by atoms with Gasteiger partial charge in [-0.25, -0.2) is 0 Å². The quantitative estimate of drug-likeness (QED) is 0.516. The third kappa shape index (κ3) is 5.70. The highest BCUT2D eigenvalue weighted by atomic mass is 16.5. The van der Waals surface area contributed by atoms with Crippen LogP contribution in [0.5, 0.6) is 11.5 Å². The Balaban J connectivity index is 1.47. The van der Waals surface area contributed by atoms with Crippen LogP contribution in [0.4, 0.5) is 5.69 Å². The lowest BCUT2D eigenvalue weighted by molar-refractivity contribution is -0.121. The topological polar surface area (TPSA) is 89.5 Å². The van der Waals surface area contributed by atoms with Crippen LogP contribution < -0.4 is 19.7 Å². The largest absolute Gasteiger partial charge is 0.497 e. The number of hydrogen-bond donors (Lipinski definition) is 2. The summed E-state index contributed by atoms with van der Waals surface area (Å²) in [5, 5.41) is 13.1. The number of anilines is 1. The smallest absolute Gasteiger partial charge is 0.265 e. The summed E-state index contributed by atoms with van der Waals surface area (Å²) in [4.78, 5) is 14.2. The molecule has 1 fully saturated rings. The van der Waals surface area contributed by atoms with Gasteiger partial charge in [-0.1, -0.05) is 18.2 Å². The number of benzene rings is 2. The zero-order chi connectivity index (χ0) is 23.9. The molecule has 2 heterocycles. The second-order valence-corrected chi connectivity index (χ2v) is 8.74. The summed E-state index contributed by atoms with van der Waals surface area (Å²) in [6, 6.07) is 14.0. The number of aliphatic hydroxyl groups is 1. The Kier molecular flexibility index (Phi) is 8.39. The molecule has 2 aromatic carbocycles. The predicted octanol–water partition coefficient (Wildman–Crippen LogP) is 2.48. The highest BCUT2D eigenvalue weighted by Crippen LogP contribution is 2.35. The van der Waals surface area contributed by atoms with E-state index in [1.807, 2.05) is 30.3 Å². The predicted molar refractivity (Wildman–Crippen MR) is 129 cm³/mol. The van der Waals surface area contributed by atoms with Crippen molar-refractivity contribution in [3.8, 4) is 11.5 Å². The molecule has 0 radical (unpaired) electrons. The maximum Gasteiger partial charge on any atom is 0.265 e. The summed E-state index contributed by atoms with van der Waals surface area (Å²) < 4.78 is 22.5. The molecule has 184 valence electrons. The van der Waals surface area contributed by atoms with Crippen LogP contribution in [0.2, 0.25) is 0 Å². The van der Waals surface area contributed by atoms with Crippen molar-refractivity contribution < 1.29 is 28.8 Å². The summed E-state index contributed by atoms with van der Waals surface area (Å²) >= 11 is 0. The highest BCUT2D eigenvalue weighted by Gasteiger charge is 2.32. The van der Waals surface area contributed by atoms with Crippen LogP contribution in [-0.2, 0) is 20.9 Å². The number of ether oxygens (including phenoxy) is 4. The molecule has 3 atom stereocenters. The van der Waals surface area contributed by atoms with Gasteiger partial charge in [0.1, 0.15) is 11.5 Å². The summed E-state index contributed by atoms with van der Waals surface area (Å²) in [5.74, 6) is 1.63. The number of nitrogens with zero attached hydrogens (tertiary/aromatic N) is 1. The van der Waals surface area contributed by atoms with E-state index in [1.165, 1.54) is 5.56 Å². The van der Waals surface area contributed by atoms with E-state index in [0.717, 1.165) is 29.8 Å². The van der Waals surface area contributed by atoms with Gasteiger partial charge in [-0.3, -0.25) is 4.79 Å². The van der Waals surface area contributed by atoms with Crippen LogP contribution in [0.25, 0.3) is 0 Å². The number of aliphatic hydroxyl groups excluding tert-OH is 1. The maximum atomic E-state index is 12.5. The molecular formula is C26H34N2O6. The van der Waals surface area contributed by atoms with Crippen LogP contribution in [0, 0.1) is 0 Å². The Morgan fingerprint density at radius 3 is 2.74 bits per heavy atom. The highest BCUT2D eigenvalue weighted by molar-refractivity contribution is 5.97. The van der Waals surface area contributed by atoms with Crippen LogP contribution >= 0.6 is 0 Å². The Bertz CT molecular complexity index is 951. The van der Waals surface area contributed by atoms with Gasteiger partial charge in [0.15, 0.2) is 6.61 Å². The second kappa shape index (κ2) is 11.7. The molecule has 0 spiro atoms. The first-order chi connectivity index (χ1) is 16.6. The molecule has 2 aromatic rings. The molecule has 8 nitrogen and oxygen atoms in total. The van der Waals surface area contributed by atoms with E-state index in [4.69, 9.17) is 18.9 Å². The van der Waals surface area contributed by atoms with Gasteiger partial charge < -0.3 is 34.3 Å². The summed E-state index contributed by atoms with van der Waals surface area (Å²) in [5.41, 5.74) is 2.92. The first kappa shape index (κ1) is 24.5. The molecule has 0 saturated carbocycles. The first-order valence-electron chi connectivity index (χ1n) is 11.8. The van der Waals surface area contributed by atoms with E-state index < -0.39 is 0 Å². The molecule has 2 unspecified atom stereocenters. The summed E-state index contributed by atoms with van der Waals surface area (Å²) in [6.45, 7) is 2.39. The Morgan fingerprint density at radius 2 is 2.00 bits per heavy atom. The monoisotopic (exact) mass is 470 g/mol. The Labute approximate surface area is 200 Å². The molecule has 0 aromatic heterocycles. The average Bonchev–Trinajstić information content (AvgIpc) is 2.88. The second-order valence-electron chi connectivity index (χ2n) is 8.74. The van der Waals surface area contributed by atoms with E-state index in [9.17, 15) is 9.90 Å². The minimum atomic E-state index is -0.0529. The van der Waals surface area contributed by atoms with Gasteiger partial charge in [0.05, 0.1) is 32.1 Å². The van der Waals surface area contributed by atoms with Crippen molar-refractivity contribution in [1.82, 2.24) is 5.32 Å². The minimum absolute atomic E-state index is 0.0412. The number of nitrogens with one attached hydrogen (secondary N) is 1. The van der Waals surface area contributed by atoms with Crippen molar-refractivity contribution >= 4 is 11.6 Å². The number of fused-ring (bicyclic) bond motifs is 1. The normalized spacial score (nSPS) is 22.3. The van der Waals surface area contributed by atoms with E-state index in [1.54, 1.807) is 19.1 Å². The summed E-state index contributed by atoms with van der Waals surface area (Å²) in [7, 11) is 3.32. The number of hydrogen-bond acceptors (Lipinski definition) is 7. The molecule has 4 rings (SSSR count). The van der Waals surface area contributed by atoms with Crippen molar-refractivity contribution in [2.45, 2.75) is 37.5 Å². The van der Waals surface area contributed by atoms with Gasteiger partial charge >= 0.3 is 0 Å². The third-order valence-electron chi connectivity index (χ3n) is 6.52. The van der Waals surface area contributed by atoms with Gasteiger partial charge in [0, 0.05) is 38.8 Å². The van der Waals surface area contributed by atoms with E-state index in [-0.39, 0.29) is 37.2 Å². The van der Waals surface area contributed by atoms with E-state index in [0.29, 0.717) is 32.1 Å². The van der Waals surface area contributed by atoms with Crippen LogP contribution in [-0.4, -0.2) is 70.3 Å². The lowest BCUT2D eigenvalue weighted by Gasteiger charge is -2.37. The number of piperidine rings is 1. The zero-order valence-electron chi connectivity index (χ0n) is 19.9. The first-order valence-corrected chi connectivity index (χ1v) is 11.8. The molecule has 2 aliphatic heterocycles. The average molecular weight is 471 g/mol. The van der Waals surface area contributed by atoms with Crippen molar-refractivity contribution in [3.63, 3.8) is 0 Å². The molecule has 1 amide bonds. The van der Waals surface area contributed by atoms with Gasteiger partial charge in [-0.15, -0.1) is 0 Å². The fourth-order valence-electron chi connectivity index (χ4n) is 4.64. The fraction of sp³-hybridized carbons (Fsp3) is 0.500. The van der Waals surface area contributed by atoms with Crippen molar-refractivity contribution in [2.24, 2.45) is 0 Å². The maximum absolute atomic E-state index is 12.5. The number of carbonyl (C=O) groups is 1. The molecule has 0 aliphatic carbocycles.